The van der Waals surface area contributed by atoms with Crippen LogP contribution in [0.15, 0.2) is 35.2 Å². The highest BCUT2D eigenvalue weighted by molar-refractivity contribution is 8.00. The molecule has 1 amide bonds. The lowest BCUT2D eigenvalue weighted by molar-refractivity contribution is 0.0716. The minimum atomic E-state index is 0.122. The van der Waals surface area contributed by atoms with E-state index in [0.29, 0.717) is 10.9 Å². The van der Waals surface area contributed by atoms with E-state index in [2.05, 4.69) is 43.2 Å². The molecule has 1 aromatic carbocycles. The Morgan fingerprint density at radius 1 is 1.28 bits per heavy atom. The summed E-state index contributed by atoms with van der Waals surface area (Å²) in [6, 6.07) is 10.5. The van der Waals surface area contributed by atoms with E-state index in [-0.39, 0.29) is 5.91 Å². The van der Waals surface area contributed by atoms with E-state index in [4.69, 9.17) is 0 Å². The van der Waals surface area contributed by atoms with Crippen molar-refractivity contribution in [3.8, 4) is 0 Å². The molecule has 0 radical (unpaired) electrons. The number of nitrogens with zero attached hydrogens (tertiary/aromatic N) is 3. The highest BCUT2D eigenvalue weighted by atomic mass is 32.2. The Labute approximate surface area is 154 Å². The number of hydrogen-bond acceptors (Lipinski definition) is 3. The molecule has 5 heteroatoms. The zero-order valence-electron chi connectivity index (χ0n) is 15.4. The minimum absolute atomic E-state index is 0.122. The number of piperidine rings is 1. The molecular weight excluding hydrogens is 330 g/mol. The number of hydrogen-bond donors (Lipinski definition) is 0. The van der Waals surface area contributed by atoms with E-state index in [1.54, 1.807) is 4.68 Å². The van der Waals surface area contributed by atoms with Crippen LogP contribution in [-0.4, -0.2) is 38.9 Å². The van der Waals surface area contributed by atoms with Gasteiger partial charge in [-0.25, -0.2) is 0 Å². The third kappa shape index (κ3) is 4.27. The number of carbonyl (C=O) groups excluding carboxylic acids is 1. The summed E-state index contributed by atoms with van der Waals surface area (Å²) in [6.07, 6.45) is 4.07. The first-order valence-electron chi connectivity index (χ1n) is 9.13. The zero-order chi connectivity index (χ0) is 17.8. The molecule has 1 saturated heterocycles. The molecule has 1 aliphatic rings. The first-order valence-corrected chi connectivity index (χ1v) is 10.0. The molecule has 0 bridgehead atoms. The fourth-order valence-electron chi connectivity index (χ4n) is 3.31. The molecule has 1 aromatic heterocycles. The normalized spacial score (nSPS) is 15.6. The first kappa shape index (κ1) is 18.1. The van der Waals surface area contributed by atoms with Crippen LogP contribution in [0.5, 0.6) is 0 Å². The van der Waals surface area contributed by atoms with Crippen LogP contribution in [0.3, 0.4) is 0 Å². The van der Waals surface area contributed by atoms with Crippen molar-refractivity contribution in [1.29, 1.82) is 0 Å². The smallest absolute Gasteiger partial charge is 0.272 e. The molecule has 2 aromatic rings. The molecule has 0 saturated carbocycles. The molecule has 0 atom stereocenters. The van der Waals surface area contributed by atoms with Gasteiger partial charge in [0.15, 0.2) is 0 Å². The molecule has 2 heterocycles. The molecule has 4 nitrogen and oxygen atoms in total. The fourth-order valence-corrected chi connectivity index (χ4v) is 4.53. The molecule has 3 rings (SSSR count). The predicted molar refractivity (Wildman–Crippen MR) is 103 cm³/mol. The maximum atomic E-state index is 12.8. The maximum Gasteiger partial charge on any atom is 0.272 e. The molecule has 0 aliphatic carbocycles. The van der Waals surface area contributed by atoms with Crippen molar-refractivity contribution in [2.75, 3.05) is 13.1 Å². The Balaban J connectivity index is 1.58. The Hall–Kier alpha value is -1.75. The van der Waals surface area contributed by atoms with Crippen LogP contribution in [0.2, 0.25) is 0 Å². The Bertz CT molecular complexity index is 732. The first-order chi connectivity index (χ1) is 12.1. The van der Waals surface area contributed by atoms with Gasteiger partial charge in [-0.05, 0) is 43.9 Å². The lowest BCUT2D eigenvalue weighted by Gasteiger charge is -2.31. The summed E-state index contributed by atoms with van der Waals surface area (Å²) in [5.41, 5.74) is 3.07. The van der Waals surface area contributed by atoms with Crippen LogP contribution in [0.25, 0.3) is 0 Å². The van der Waals surface area contributed by atoms with Crippen LogP contribution in [0.4, 0.5) is 0 Å². The van der Waals surface area contributed by atoms with Gasteiger partial charge in [-0.2, -0.15) is 5.10 Å². The molecule has 25 heavy (non-hydrogen) atoms. The third-order valence-corrected chi connectivity index (χ3v) is 6.29. The number of carbonyl (C=O) groups is 1. The number of benzene rings is 1. The summed E-state index contributed by atoms with van der Waals surface area (Å²) >= 11 is 1.96. The van der Waals surface area contributed by atoms with Crippen molar-refractivity contribution in [2.24, 2.45) is 7.05 Å². The van der Waals surface area contributed by atoms with Gasteiger partial charge in [-0.3, -0.25) is 9.48 Å². The minimum Gasteiger partial charge on any atom is -0.337 e. The standard InChI is InChI=1S/C20H27N3OS/c1-4-7-16-14-18(22(3)21-16)20(24)23-12-10-17(11-13-23)25-19-9-6-5-8-15(19)2/h5-6,8-9,14,17H,4,7,10-13H2,1-3H3. The number of amides is 1. The summed E-state index contributed by atoms with van der Waals surface area (Å²) in [7, 11) is 1.87. The average Bonchev–Trinajstić information content (AvgIpc) is 2.98. The van der Waals surface area contributed by atoms with Crippen molar-refractivity contribution in [3.63, 3.8) is 0 Å². The fraction of sp³-hybridized carbons (Fsp3) is 0.500. The number of aryl methyl sites for hydroxylation is 3. The summed E-state index contributed by atoms with van der Waals surface area (Å²) in [4.78, 5) is 16.2. The molecule has 0 N–H and O–H groups in total. The summed E-state index contributed by atoms with van der Waals surface area (Å²) in [6.45, 7) is 5.96. The van der Waals surface area contributed by atoms with Gasteiger partial charge >= 0.3 is 0 Å². The van der Waals surface area contributed by atoms with Gasteiger partial charge in [0.25, 0.3) is 5.91 Å². The summed E-state index contributed by atoms with van der Waals surface area (Å²) in [5.74, 6) is 0.122. The van der Waals surface area contributed by atoms with Crippen molar-refractivity contribution in [1.82, 2.24) is 14.7 Å². The average molecular weight is 358 g/mol. The van der Waals surface area contributed by atoms with Crippen molar-refractivity contribution in [3.05, 3.63) is 47.3 Å². The Kier molecular flexibility index (Phi) is 5.84. The van der Waals surface area contributed by atoms with Crippen molar-refractivity contribution in [2.45, 2.75) is 49.7 Å². The lowest BCUT2D eigenvalue weighted by Crippen LogP contribution is -2.40. The highest BCUT2D eigenvalue weighted by Crippen LogP contribution is 2.32. The zero-order valence-corrected chi connectivity index (χ0v) is 16.2. The van der Waals surface area contributed by atoms with Crippen LogP contribution >= 0.6 is 11.8 Å². The van der Waals surface area contributed by atoms with Crippen molar-refractivity contribution >= 4 is 17.7 Å². The monoisotopic (exact) mass is 357 g/mol. The van der Waals surface area contributed by atoms with Crippen molar-refractivity contribution < 1.29 is 4.79 Å². The molecular formula is C20H27N3OS. The van der Waals surface area contributed by atoms with Gasteiger partial charge in [0.05, 0.1) is 5.69 Å². The molecule has 1 fully saturated rings. The van der Waals surface area contributed by atoms with Gasteiger partial charge in [0, 0.05) is 30.3 Å². The largest absolute Gasteiger partial charge is 0.337 e. The number of thioether (sulfide) groups is 1. The predicted octanol–water partition coefficient (Wildman–Crippen LogP) is 4.08. The summed E-state index contributed by atoms with van der Waals surface area (Å²) in [5, 5.41) is 5.05. The van der Waals surface area contributed by atoms with Gasteiger partial charge < -0.3 is 4.90 Å². The van der Waals surface area contributed by atoms with E-state index < -0.39 is 0 Å². The molecule has 134 valence electrons. The molecule has 0 unspecified atom stereocenters. The van der Waals surface area contributed by atoms with E-state index in [9.17, 15) is 4.79 Å². The van der Waals surface area contributed by atoms with Gasteiger partial charge in [0.1, 0.15) is 5.69 Å². The second-order valence-corrected chi connectivity index (χ2v) is 8.11. The second-order valence-electron chi connectivity index (χ2n) is 6.77. The maximum absolute atomic E-state index is 12.8. The van der Waals surface area contributed by atoms with Gasteiger partial charge in [0.2, 0.25) is 0 Å². The van der Waals surface area contributed by atoms with E-state index in [1.807, 2.05) is 29.8 Å². The summed E-state index contributed by atoms with van der Waals surface area (Å²) < 4.78 is 1.74. The van der Waals surface area contributed by atoms with Crippen LogP contribution < -0.4 is 0 Å². The second kappa shape index (κ2) is 8.09. The lowest BCUT2D eigenvalue weighted by atomic mass is 10.1. The van der Waals surface area contributed by atoms with Crippen LogP contribution in [0, 0.1) is 6.92 Å². The number of rotatable bonds is 5. The SMILES string of the molecule is CCCc1cc(C(=O)N2CCC(Sc3ccccc3C)CC2)n(C)n1. The van der Waals surface area contributed by atoms with Crippen LogP contribution in [0.1, 0.15) is 47.9 Å². The van der Waals surface area contributed by atoms with E-state index >= 15 is 0 Å². The number of likely N-dealkylation sites (tertiary alicyclic amines) is 1. The molecule has 1 aliphatic heterocycles. The Morgan fingerprint density at radius 2 is 2.00 bits per heavy atom. The quantitative estimate of drug-likeness (QED) is 0.809. The third-order valence-electron chi connectivity index (χ3n) is 4.77. The van der Waals surface area contributed by atoms with Gasteiger partial charge in [-0.1, -0.05) is 31.5 Å². The van der Waals surface area contributed by atoms with E-state index in [1.165, 1.54) is 10.5 Å². The van der Waals surface area contributed by atoms with Crippen LogP contribution in [-0.2, 0) is 13.5 Å². The van der Waals surface area contributed by atoms with Gasteiger partial charge in [-0.15, -0.1) is 11.8 Å². The molecule has 0 spiro atoms. The van der Waals surface area contributed by atoms with E-state index in [0.717, 1.165) is 44.5 Å². The number of aromatic nitrogens is 2. The topological polar surface area (TPSA) is 38.1 Å². The highest BCUT2D eigenvalue weighted by Gasteiger charge is 2.26. The Morgan fingerprint density at radius 3 is 2.68 bits per heavy atom.